The maximum Gasteiger partial charge on any atom is 0.237 e. The van der Waals surface area contributed by atoms with Gasteiger partial charge < -0.3 is 10.2 Å². The van der Waals surface area contributed by atoms with Crippen LogP contribution in [-0.4, -0.2) is 54.3 Å². The number of nitrogens with zero attached hydrogens (tertiary/aromatic N) is 2. The number of amides is 2. The zero-order chi connectivity index (χ0) is 17.0. The summed E-state index contributed by atoms with van der Waals surface area (Å²) in [5, 5.41) is 3.09. The quantitative estimate of drug-likeness (QED) is 0.886. The number of nitrogens with one attached hydrogen (secondary N) is 1. The summed E-state index contributed by atoms with van der Waals surface area (Å²) in [7, 11) is 1.70. The molecule has 2 rings (SSSR count). The molecule has 1 atom stereocenters. The van der Waals surface area contributed by atoms with E-state index >= 15 is 0 Å². The molecule has 0 aliphatic carbocycles. The first-order chi connectivity index (χ1) is 10.9. The topological polar surface area (TPSA) is 52.7 Å². The number of piperazine rings is 1. The van der Waals surface area contributed by atoms with Gasteiger partial charge in [-0.05, 0) is 19.1 Å². The van der Waals surface area contributed by atoms with Crippen molar-refractivity contribution in [2.24, 2.45) is 0 Å². The van der Waals surface area contributed by atoms with Crippen LogP contribution in [0.4, 0.5) is 4.39 Å². The van der Waals surface area contributed by atoms with Gasteiger partial charge in [0.05, 0.1) is 12.5 Å². The molecule has 0 aromatic heterocycles. The van der Waals surface area contributed by atoms with Crippen molar-refractivity contribution in [3.05, 3.63) is 34.6 Å². The Morgan fingerprint density at radius 3 is 2.91 bits per heavy atom. The third-order valence-electron chi connectivity index (χ3n) is 4.13. The number of hydrogen-bond donors (Lipinski definition) is 1. The molecule has 1 aliphatic heterocycles. The van der Waals surface area contributed by atoms with Crippen LogP contribution in [0, 0.1) is 5.82 Å². The van der Waals surface area contributed by atoms with Crippen LogP contribution in [0.15, 0.2) is 18.2 Å². The van der Waals surface area contributed by atoms with Crippen LogP contribution in [0.2, 0.25) is 5.02 Å². The maximum absolute atomic E-state index is 14.0. The molecule has 1 aromatic rings. The van der Waals surface area contributed by atoms with E-state index in [2.05, 4.69) is 5.32 Å². The molecule has 2 amide bonds. The second-order valence-electron chi connectivity index (χ2n) is 5.59. The van der Waals surface area contributed by atoms with Crippen molar-refractivity contribution in [3.8, 4) is 0 Å². The normalized spacial score (nSPS) is 18.6. The molecule has 1 fully saturated rings. The van der Waals surface area contributed by atoms with Gasteiger partial charge in [0.25, 0.3) is 0 Å². The third-order valence-corrected chi connectivity index (χ3v) is 4.49. The van der Waals surface area contributed by atoms with Crippen LogP contribution in [0.5, 0.6) is 0 Å². The fourth-order valence-electron chi connectivity index (χ4n) is 2.56. The van der Waals surface area contributed by atoms with Crippen LogP contribution in [-0.2, 0) is 16.1 Å². The van der Waals surface area contributed by atoms with E-state index in [0.29, 0.717) is 30.2 Å². The van der Waals surface area contributed by atoms with Gasteiger partial charge in [0.15, 0.2) is 0 Å². The molecule has 0 spiro atoms. The summed E-state index contributed by atoms with van der Waals surface area (Å²) in [6, 6.07) is 3.90. The molecule has 23 heavy (non-hydrogen) atoms. The number of halogens is 2. The molecule has 1 aromatic carbocycles. The fraction of sp³-hybridized carbons (Fsp3) is 0.500. The first-order valence-electron chi connectivity index (χ1n) is 7.62. The molecule has 0 bridgehead atoms. The molecule has 1 aliphatic rings. The van der Waals surface area contributed by atoms with E-state index in [0.717, 1.165) is 0 Å². The van der Waals surface area contributed by atoms with E-state index in [4.69, 9.17) is 11.6 Å². The Morgan fingerprint density at radius 1 is 1.52 bits per heavy atom. The molecule has 0 unspecified atom stereocenters. The van der Waals surface area contributed by atoms with Crippen LogP contribution in [0.1, 0.15) is 18.9 Å². The molecule has 1 heterocycles. The van der Waals surface area contributed by atoms with Gasteiger partial charge in [0.1, 0.15) is 5.82 Å². The summed E-state index contributed by atoms with van der Waals surface area (Å²) in [4.78, 5) is 27.7. The maximum atomic E-state index is 14.0. The Hall–Kier alpha value is -1.66. The highest BCUT2D eigenvalue weighted by molar-refractivity contribution is 6.31. The van der Waals surface area contributed by atoms with Gasteiger partial charge >= 0.3 is 0 Å². The highest BCUT2D eigenvalue weighted by Gasteiger charge is 2.33. The molecular weight excluding hydrogens is 321 g/mol. The molecule has 1 N–H and O–H groups in total. The summed E-state index contributed by atoms with van der Waals surface area (Å²) >= 11 is 6.07. The van der Waals surface area contributed by atoms with Gasteiger partial charge in [-0.2, -0.15) is 0 Å². The smallest absolute Gasteiger partial charge is 0.237 e. The Labute approximate surface area is 140 Å². The van der Waals surface area contributed by atoms with Gasteiger partial charge in [0.2, 0.25) is 11.8 Å². The van der Waals surface area contributed by atoms with E-state index < -0.39 is 11.9 Å². The molecule has 1 saturated heterocycles. The summed E-state index contributed by atoms with van der Waals surface area (Å²) in [5.41, 5.74) is 0.352. The zero-order valence-electron chi connectivity index (χ0n) is 13.3. The minimum atomic E-state index is -0.610. The van der Waals surface area contributed by atoms with Crippen LogP contribution < -0.4 is 5.32 Å². The van der Waals surface area contributed by atoms with Crippen molar-refractivity contribution in [1.82, 2.24) is 15.1 Å². The molecular formula is C16H21ClFN3O2. The second-order valence-corrected chi connectivity index (χ2v) is 6.00. The highest BCUT2D eigenvalue weighted by Crippen LogP contribution is 2.23. The Balaban J connectivity index is 2.17. The molecule has 5 nitrogen and oxygen atoms in total. The Morgan fingerprint density at radius 2 is 2.26 bits per heavy atom. The summed E-state index contributed by atoms with van der Waals surface area (Å²) in [6.45, 7) is 3.66. The Kier molecular flexibility index (Phi) is 5.96. The predicted octanol–water partition coefficient (Wildman–Crippen LogP) is 1.65. The molecule has 0 radical (unpaired) electrons. The van der Waals surface area contributed by atoms with Gasteiger partial charge in [-0.25, -0.2) is 4.39 Å². The van der Waals surface area contributed by atoms with Crippen LogP contribution in [0.25, 0.3) is 0 Å². The number of rotatable bonds is 5. The zero-order valence-corrected chi connectivity index (χ0v) is 14.1. The summed E-state index contributed by atoms with van der Waals surface area (Å²) in [6.07, 6.45) is 0.0717. The monoisotopic (exact) mass is 341 g/mol. The minimum Gasteiger partial charge on any atom is -0.353 e. The highest BCUT2D eigenvalue weighted by atomic mass is 35.5. The number of benzene rings is 1. The summed E-state index contributed by atoms with van der Waals surface area (Å²) < 4.78 is 14.0. The van der Waals surface area contributed by atoms with E-state index in [-0.39, 0.29) is 24.8 Å². The second kappa shape index (κ2) is 7.75. The number of carbonyl (C=O) groups is 2. The average Bonchev–Trinajstić information content (AvgIpc) is 2.53. The van der Waals surface area contributed by atoms with Crippen LogP contribution in [0.3, 0.4) is 0 Å². The lowest BCUT2D eigenvalue weighted by molar-refractivity contribution is -0.138. The Bertz CT molecular complexity index is 576. The van der Waals surface area contributed by atoms with Crippen molar-refractivity contribution in [3.63, 3.8) is 0 Å². The van der Waals surface area contributed by atoms with Gasteiger partial charge in [-0.15, -0.1) is 0 Å². The number of carbonyl (C=O) groups excluding carboxylic acids is 2. The van der Waals surface area contributed by atoms with E-state index in [1.807, 2.05) is 11.8 Å². The predicted molar refractivity (Wildman–Crippen MR) is 86.5 cm³/mol. The van der Waals surface area contributed by atoms with Gasteiger partial charge in [-0.3, -0.25) is 14.5 Å². The standard InChI is InChI=1S/C16H21ClFN3O2/c1-3-20(2)15(22)9-14-16(23)19-7-8-21(14)10-11-12(17)5-4-6-13(11)18/h4-6,14H,3,7-10H2,1-2H3,(H,19,23)/t14-/m1/s1. The van der Waals surface area contributed by atoms with Gasteiger partial charge in [0, 0.05) is 43.8 Å². The lowest BCUT2D eigenvalue weighted by atomic mass is 10.1. The summed E-state index contributed by atoms with van der Waals surface area (Å²) in [5.74, 6) is -0.722. The SMILES string of the molecule is CCN(C)C(=O)C[C@@H]1C(=O)NCCN1Cc1c(F)cccc1Cl. The van der Waals surface area contributed by atoms with Gasteiger partial charge in [-0.1, -0.05) is 17.7 Å². The fourth-order valence-corrected chi connectivity index (χ4v) is 2.78. The van der Waals surface area contributed by atoms with Crippen molar-refractivity contribution in [2.75, 3.05) is 26.7 Å². The van der Waals surface area contributed by atoms with Crippen molar-refractivity contribution >= 4 is 23.4 Å². The molecule has 7 heteroatoms. The molecule has 0 saturated carbocycles. The average molecular weight is 342 g/mol. The largest absolute Gasteiger partial charge is 0.353 e. The van der Waals surface area contributed by atoms with E-state index in [1.165, 1.54) is 6.07 Å². The lowest BCUT2D eigenvalue weighted by Crippen LogP contribution is -2.56. The van der Waals surface area contributed by atoms with Crippen molar-refractivity contribution < 1.29 is 14.0 Å². The first kappa shape index (κ1) is 17.7. The van der Waals surface area contributed by atoms with Crippen molar-refractivity contribution in [2.45, 2.75) is 25.9 Å². The number of hydrogen-bond acceptors (Lipinski definition) is 3. The minimum absolute atomic E-state index is 0.0717. The first-order valence-corrected chi connectivity index (χ1v) is 8.00. The third kappa shape index (κ3) is 4.20. The van der Waals surface area contributed by atoms with E-state index in [9.17, 15) is 14.0 Å². The van der Waals surface area contributed by atoms with Crippen molar-refractivity contribution in [1.29, 1.82) is 0 Å². The van der Waals surface area contributed by atoms with E-state index in [1.54, 1.807) is 24.1 Å². The molecule has 126 valence electrons. The van der Waals surface area contributed by atoms with Crippen LogP contribution >= 0.6 is 11.6 Å². The lowest BCUT2D eigenvalue weighted by Gasteiger charge is -2.35.